The van der Waals surface area contributed by atoms with Gasteiger partial charge in [-0.3, -0.25) is 4.79 Å². The predicted octanol–water partition coefficient (Wildman–Crippen LogP) is 3.71. The molecule has 0 aliphatic carbocycles. The molecule has 2 aromatic rings. The average molecular weight is 422 g/mol. The molecule has 0 atom stereocenters. The molecule has 0 saturated carbocycles. The van der Waals surface area contributed by atoms with Gasteiger partial charge in [0, 0.05) is 18.7 Å². The summed E-state index contributed by atoms with van der Waals surface area (Å²) in [5, 5.41) is 9.15. The van der Waals surface area contributed by atoms with E-state index in [9.17, 15) is 9.59 Å². The van der Waals surface area contributed by atoms with Crippen molar-refractivity contribution in [3.63, 3.8) is 0 Å². The first-order valence-electron chi connectivity index (χ1n) is 10.4. The monoisotopic (exact) mass is 422 g/mol. The number of nitriles is 1. The van der Waals surface area contributed by atoms with Crippen molar-refractivity contribution in [3.8, 4) is 17.6 Å². The molecule has 2 aromatic carbocycles. The van der Waals surface area contributed by atoms with Gasteiger partial charge in [-0.2, -0.15) is 5.26 Å². The van der Waals surface area contributed by atoms with Crippen LogP contribution in [0.25, 0.3) is 0 Å². The Hall–Kier alpha value is -3.53. The summed E-state index contributed by atoms with van der Waals surface area (Å²) in [7, 11) is 0. The van der Waals surface area contributed by atoms with Crippen molar-refractivity contribution >= 4 is 11.9 Å². The van der Waals surface area contributed by atoms with E-state index in [0.717, 1.165) is 32.4 Å². The van der Waals surface area contributed by atoms with Gasteiger partial charge in [0.15, 0.2) is 18.1 Å². The lowest BCUT2D eigenvalue weighted by Crippen LogP contribution is -2.38. The fourth-order valence-electron chi connectivity index (χ4n) is 3.38. The first-order valence-corrected chi connectivity index (χ1v) is 10.4. The van der Waals surface area contributed by atoms with Crippen molar-refractivity contribution in [1.82, 2.24) is 4.90 Å². The molecule has 0 N–H and O–H groups in total. The van der Waals surface area contributed by atoms with E-state index in [1.54, 1.807) is 42.5 Å². The number of hydrogen-bond acceptors (Lipinski definition) is 6. The number of carbonyl (C=O) groups is 2. The second-order valence-electron chi connectivity index (χ2n) is 7.17. The number of benzene rings is 2. The molecule has 1 heterocycles. The van der Waals surface area contributed by atoms with Gasteiger partial charge < -0.3 is 19.1 Å². The Morgan fingerprint density at radius 2 is 1.81 bits per heavy atom. The number of ether oxygens (including phenoxy) is 3. The summed E-state index contributed by atoms with van der Waals surface area (Å²) in [5.41, 5.74) is 1.40. The Kier molecular flexibility index (Phi) is 7.88. The third kappa shape index (κ3) is 5.98. The molecular weight excluding hydrogens is 396 g/mol. The number of esters is 1. The van der Waals surface area contributed by atoms with E-state index in [1.165, 1.54) is 0 Å². The van der Waals surface area contributed by atoms with Crippen molar-refractivity contribution in [3.05, 3.63) is 59.2 Å². The standard InChI is InChI=1S/C24H26N2O5/c1-2-29-22-14-18(24(28)31-16-20-9-5-4-8-19(20)15-25)10-11-21(22)30-17-23(27)26-12-6-3-7-13-26/h4-5,8-11,14H,2-3,6-7,12-13,16-17H2,1H3. The molecule has 1 aliphatic heterocycles. The maximum Gasteiger partial charge on any atom is 0.338 e. The third-order valence-electron chi connectivity index (χ3n) is 5.04. The zero-order valence-electron chi connectivity index (χ0n) is 17.6. The minimum absolute atomic E-state index is 0.00484. The highest BCUT2D eigenvalue weighted by atomic mass is 16.5. The number of piperidine rings is 1. The molecule has 0 spiro atoms. The van der Waals surface area contributed by atoms with Crippen LogP contribution in [0.5, 0.6) is 11.5 Å². The number of likely N-dealkylation sites (tertiary alicyclic amines) is 1. The topological polar surface area (TPSA) is 88.9 Å². The number of hydrogen-bond donors (Lipinski definition) is 0. The van der Waals surface area contributed by atoms with E-state index >= 15 is 0 Å². The zero-order valence-corrected chi connectivity index (χ0v) is 17.6. The Balaban J connectivity index is 1.64. The quantitative estimate of drug-likeness (QED) is 0.603. The SMILES string of the molecule is CCOc1cc(C(=O)OCc2ccccc2C#N)ccc1OCC(=O)N1CCCCC1. The Morgan fingerprint density at radius 1 is 1.03 bits per heavy atom. The van der Waals surface area contributed by atoms with Gasteiger partial charge in [0.2, 0.25) is 0 Å². The number of amides is 1. The molecule has 7 heteroatoms. The first-order chi connectivity index (χ1) is 15.1. The summed E-state index contributed by atoms with van der Waals surface area (Å²) >= 11 is 0. The van der Waals surface area contributed by atoms with Gasteiger partial charge in [0.25, 0.3) is 5.91 Å². The normalized spacial score (nSPS) is 13.2. The molecule has 3 rings (SSSR count). The van der Waals surface area contributed by atoms with Gasteiger partial charge in [0.05, 0.1) is 23.8 Å². The molecule has 1 amide bonds. The highest BCUT2D eigenvalue weighted by Crippen LogP contribution is 2.29. The van der Waals surface area contributed by atoms with E-state index in [2.05, 4.69) is 6.07 Å². The maximum absolute atomic E-state index is 12.5. The number of nitrogens with zero attached hydrogens (tertiary/aromatic N) is 2. The van der Waals surface area contributed by atoms with Crippen LogP contribution in [0.4, 0.5) is 0 Å². The predicted molar refractivity (Wildman–Crippen MR) is 114 cm³/mol. The molecule has 7 nitrogen and oxygen atoms in total. The lowest BCUT2D eigenvalue weighted by molar-refractivity contribution is -0.134. The fraction of sp³-hybridized carbons (Fsp3) is 0.375. The molecule has 1 aliphatic rings. The summed E-state index contributed by atoms with van der Waals surface area (Å²) in [6.07, 6.45) is 3.19. The van der Waals surface area contributed by atoms with Crippen LogP contribution in [0.2, 0.25) is 0 Å². The molecule has 0 bridgehead atoms. The second kappa shape index (κ2) is 11.0. The molecule has 31 heavy (non-hydrogen) atoms. The molecule has 162 valence electrons. The molecule has 0 unspecified atom stereocenters. The lowest BCUT2D eigenvalue weighted by Gasteiger charge is -2.26. The minimum Gasteiger partial charge on any atom is -0.490 e. The fourth-order valence-corrected chi connectivity index (χ4v) is 3.38. The van der Waals surface area contributed by atoms with Gasteiger partial charge in [-0.1, -0.05) is 18.2 Å². The Bertz CT molecular complexity index is 961. The Morgan fingerprint density at radius 3 is 2.55 bits per heavy atom. The summed E-state index contributed by atoms with van der Waals surface area (Å²) in [5.74, 6) is 0.186. The highest BCUT2D eigenvalue weighted by molar-refractivity contribution is 5.90. The minimum atomic E-state index is -0.537. The largest absolute Gasteiger partial charge is 0.490 e. The van der Waals surface area contributed by atoms with Crippen molar-refractivity contribution in [2.45, 2.75) is 32.8 Å². The van der Waals surface area contributed by atoms with Crippen molar-refractivity contribution in [2.24, 2.45) is 0 Å². The van der Waals surface area contributed by atoms with E-state index in [0.29, 0.717) is 34.8 Å². The van der Waals surface area contributed by atoms with Gasteiger partial charge in [0.1, 0.15) is 6.61 Å². The summed E-state index contributed by atoms with van der Waals surface area (Å²) in [4.78, 5) is 26.7. The first kappa shape index (κ1) is 22.2. The van der Waals surface area contributed by atoms with Gasteiger partial charge in [-0.15, -0.1) is 0 Å². The smallest absolute Gasteiger partial charge is 0.338 e. The van der Waals surface area contributed by atoms with Gasteiger partial charge in [-0.05, 0) is 50.5 Å². The molecule has 1 saturated heterocycles. The van der Waals surface area contributed by atoms with Crippen LogP contribution >= 0.6 is 0 Å². The van der Waals surface area contributed by atoms with E-state index in [1.807, 2.05) is 11.8 Å². The molecule has 0 radical (unpaired) electrons. The number of carbonyl (C=O) groups excluding carboxylic acids is 2. The molecule has 0 aromatic heterocycles. The van der Waals surface area contributed by atoms with Crippen LogP contribution in [0, 0.1) is 11.3 Å². The van der Waals surface area contributed by atoms with Gasteiger partial charge >= 0.3 is 5.97 Å². The zero-order chi connectivity index (χ0) is 22.1. The molecular formula is C24H26N2O5. The third-order valence-corrected chi connectivity index (χ3v) is 5.04. The van der Waals surface area contributed by atoms with Crippen molar-refractivity contribution in [1.29, 1.82) is 5.26 Å². The second-order valence-corrected chi connectivity index (χ2v) is 7.17. The van der Waals surface area contributed by atoms with E-state index < -0.39 is 5.97 Å². The van der Waals surface area contributed by atoms with Gasteiger partial charge in [-0.25, -0.2) is 4.79 Å². The van der Waals surface area contributed by atoms with Crippen molar-refractivity contribution in [2.75, 3.05) is 26.3 Å². The lowest BCUT2D eigenvalue weighted by atomic mass is 10.1. The average Bonchev–Trinajstić information content (AvgIpc) is 2.82. The number of rotatable bonds is 8. The highest BCUT2D eigenvalue weighted by Gasteiger charge is 2.19. The summed E-state index contributed by atoms with van der Waals surface area (Å²) < 4.78 is 16.7. The van der Waals surface area contributed by atoms with E-state index in [-0.39, 0.29) is 19.1 Å². The van der Waals surface area contributed by atoms with Crippen LogP contribution in [0.3, 0.4) is 0 Å². The van der Waals surface area contributed by atoms with Crippen molar-refractivity contribution < 1.29 is 23.8 Å². The van der Waals surface area contributed by atoms with Crippen LogP contribution in [0.1, 0.15) is 47.7 Å². The summed E-state index contributed by atoms with van der Waals surface area (Å²) in [6.45, 7) is 3.65. The van der Waals surface area contributed by atoms with Crippen LogP contribution < -0.4 is 9.47 Å². The van der Waals surface area contributed by atoms with Crippen LogP contribution in [-0.4, -0.2) is 43.1 Å². The van der Waals surface area contributed by atoms with E-state index in [4.69, 9.17) is 19.5 Å². The van der Waals surface area contributed by atoms with Crippen LogP contribution in [-0.2, 0) is 16.1 Å². The van der Waals surface area contributed by atoms with Crippen LogP contribution in [0.15, 0.2) is 42.5 Å². The summed E-state index contributed by atoms with van der Waals surface area (Å²) in [6, 6.07) is 13.8. The Labute approximate surface area is 182 Å². The maximum atomic E-state index is 12.5. The molecule has 1 fully saturated rings.